The summed E-state index contributed by atoms with van der Waals surface area (Å²) in [7, 11) is 0. The number of nitro groups is 1. The van der Waals surface area contributed by atoms with E-state index in [1.807, 2.05) is 24.4 Å². The zero-order valence-corrected chi connectivity index (χ0v) is 9.45. The van der Waals surface area contributed by atoms with Crippen LogP contribution in [0.5, 0.6) is 0 Å². The van der Waals surface area contributed by atoms with Crippen molar-refractivity contribution in [3.63, 3.8) is 0 Å². The molecule has 0 unspecified atom stereocenters. The minimum Gasteiger partial charge on any atom is -0.361 e. The van der Waals surface area contributed by atoms with Crippen molar-refractivity contribution in [1.82, 2.24) is 4.98 Å². The largest absolute Gasteiger partial charge is 0.361 e. The van der Waals surface area contributed by atoms with Gasteiger partial charge in [0.05, 0.1) is 0 Å². The number of hydrogen-bond acceptors (Lipinski definition) is 2. The SMILES string of the molecule is O=[N+]([O-])CCc1cc(Br)cc2[nH]ccc12. The lowest BCUT2D eigenvalue weighted by atomic mass is 10.1. The highest BCUT2D eigenvalue weighted by Crippen LogP contribution is 2.23. The summed E-state index contributed by atoms with van der Waals surface area (Å²) in [5.41, 5.74) is 2.00. The van der Waals surface area contributed by atoms with Crippen LogP contribution in [0.1, 0.15) is 5.56 Å². The van der Waals surface area contributed by atoms with Crippen LogP contribution in [-0.4, -0.2) is 16.5 Å². The van der Waals surface area contributed by atoms with Gasteiger partial charge in [0.15, 0.2) is 0 Å². The number of H-pyrrole nitrogens is 1. The van der Waals surface area contributed by atoms with E-state index in [-0.39, 0.29) is 11.5 Å². The maximum Gasteiger partial charge on any atom is 0.207 e. The van der Waals surface area contributed by atoms with E-state index in [1.54, 1.807) is 0 Å². The Labute approximate surface area is 94.6 Å². The second kappa shape index (κ2) is 4.02. The lowest BCUT2D eigenvalue weighted by Gasteiger charge is -2.01. The molecule has 0 aliphatic carbocycles. The van der Waals surface area contributed by atoms with Gasteiger partial charge >= 0.3 is 0 Å². The number of hydrogen-bond donors (Lipinski definition) is 1. The molecule has 0 spiro atoms. The quantitative estimate of drug-likeness (QED) is 0.688. The van der Waals surface area contributed by atoms with Crippen LogP contribution in [-0.2, 0) is 6.42 Å². The third kappa shape index (κ3) is 2.18. The van der Waals surface area contributed by atoms with Crippen molar-refractivity contribution < 1.29 is 4.92 Å². The fourth-order valence-electron chi connectivity index (χ4n) is 1.62. The zero-order chi connectivity index (χ0) is 10.8. The van der Waals surface area contributed by atoms with Crippen LogP contribution in [0.15, 0.2) is 28.9 Å². The normalized spacial score (nSPS) is 10.7. The van der Waals surface area contributed by atoms with E-state index in [0.29, 0.717) is 6.42 Å². The van der Waals surface area contributed by atoms with Crippen molar-refractivity contribution in [3.8, 4) is 0 Å². The molecule has 1 N–H and O–H groups in total. The number of aromatic amines is 1. The summed E-state index contributed by atoms with van der Waals surface area (Å²) in [6, 6.07) is 5.84. The molecule has 0 bridgehead atoms. The molecule has 4 nitrogen and oxygen atoms in total. The van der Waals surface area contributed by atoms with Gasteiger partial charge in [-0.05, 0) is 23.8 Å². The summed E-state index contributed by atoms with van der Waals surface area (Å²) in [6.45, 7) is -0.0310. The Morgan fingerprint density at radius 2 is 2.27 bits per heavy atom. The molecule has 0 atom stereocenters. The highest BCUT2D eigenvalue weighted by atomic mass is 79.9. The summed E-state index contributed by atoms with van der Waals surface area (Å²) < 4.78 is 0.941. The predicted molar refractivity (Wildman–Crippen MR) is 61.6 cm³/mol. The Kier molecular flexibility index (Phi) is 2.73. The number of halogens is 1. The number of benzene rings is 1. The fourth-order valence-corrected chi connectivity index (χ4v) is 2.13. The Balaban J connectivity index is 2.39. The average molecular weight is 269 g/mol. The van der Waals surface area contributed by atoms with Crippen LogP contribution in [0.3, 0.4) is 0 Å². The van der Waals surface area contributed by atoms with Crippen LogP contribution in [0, 0.1) is 10.1 Å². The lowest BCUT2D eigenvalue weighted by molar-refractivity contribution is -0.479. The average Bonchev–Trinajstić information content (AvgIpc) is 2.61. The third-order valence-electron chi connectivity index (χ3n) is 2.28. The molecular formula is C10H9BrN2O2. The van der Waals surface area contributed by atoms with Crippen molar-refractivity contribution in [2.75, 3.05) is 6.54 Å². The molecule has 0 aliphatic heterocycles. The van der Waals surface area contributed by atoms with Gasteiger partial charge in [0, 0.05) is 32.9 Å². The molecule has 78 valence electrons. The molecule has 5 heteroatoms. The number of rotatable bonds is 3. The van der Waals surface area contributed by atoms with E-state index < -0.39 is 0 Å². The summed E-state index contributed by atoms with van der Waals surface area (Å²) in [6.07, 6.45) is 2.30. The van der Waals surface area contributed by atoms with E-state index in [9.17, 15) is 10.1 Å². The molecule has 2 rings (SSSR count). The molecule has 0 saturated heterocycles. The van der Waals surface area contributed by atoms with Crippen molar-refractivity contribution in [2.24, 2.45) is 0 Å². The van der Waals surface area contributed by atoms with Crippen molar-refractivity contribution in [3.05, 3.63) is 44.5 Å². The second-order valence-corrected chi connectivity index (χ2v) is 4.23. The third-order valence-corrected chi connectivity index (χ3v) is 2.74. The van der Waals surface area contributed by atoms with Crippen LogP contribution < -0.4 is 0 Å². The van der Waals surface area contributed by atoms with Crippen molar-refractivity contribution in [2.45, 2.75) is 6.42 Å². The molecule has 1 aromatic heterocycles. The molecule has 0 saturated carbocycles. The molecule has 0 aliphatic rings. The van der Waals surface area contributed by atoms with E-state index in [1.165, 1.54) is 0 Å². The summed E-state index contributed by atoms with van der Waals surface area (Å²) in [4.78, 5) is 13.1. The highest BCUT2D eigenvalue weighted by Gasteiger charge is 2.06. The molecule has 0 fully saturated rings. The molecule has 1 heterocycles. The maximum absolute atomic E-state index is 10.3. The highest BCUT2D eigenvalue weighted by molar-refractivity contribution is 9.10. The standard InChI is InChI=1S/C10H9BrN2O2/c11-8-5-7(2-4-13(14)15)9-1-3-12-10(9)6-8/h1,3,5-6,12H,2,4H2. The molecule has 15 heavy (non-hydrogen) atoms. The predicted octanol–water partition coefficient (Wildman–Crippen LogP) is 2.75. The first-order valence-corrected chi connectivity index (χ1v) is 5.33. The van der Waals surface area contributed by atoms with Gasteiger partial charge in [0.25, 0.3) is 0 Å². The van der Waals surface area contributed by atoms with Crippen LogP contribution >= 0.6 is 15.9 Å². The summed E-state index contributed by atoms with van der Waals surface area (Å²) in [5, 5.41) is 11.4. The maximum atomic E-state index is 10.3. The van der Waals surface area contributed by atoms with Gasteiger partial charge in [-0.2, -0.15) is 0 Å². The van der Waals surface area contributed by atoms with E-state index in [0.717, 1.165) is 20.9 Å². The first kappa shape index (κ1) is 10.2. The first-order chi connectivity index (χ1) is 7.16. The van der Waals surface area contributed by atoms with Gasteiger partial charge in [0.1, 0.15) is 0 Å². The Bertz CT molecular complexity index is 507. The molecule has 2 aromatic rings. The van der Waals surface area contributed by atoms with Gasteiger partial charge in [-0.25, -0.2) is 0 Å². The second-order valence-electron chi connectivity index (χ2n) is 3.31. The van der Waals surface area contributed by atoms with Gasteiger partial charge in [-0.15, -0.1) is 0 Å². The van der Waals surface area contributed by atoms with Crippen LogP contribution in [0.2, 0.25) is 0 Å². The number of fused-ring (bicyclic) bond motifs is 1. The van der Waals surface area contributed by atoms with Crippen molar-refractivity contribution >= 4 is 26.8 Å². The fraction of sp³-hybridized carbons (Fsp3) is 0.200. The monoisotopic (exact) mass is 268 g/mol. The number of aromatic nitrogens is 1. The molecule has 0 amide bonds. The molecular weight excluding hydrogens is 260 g/mol. The summed E-state index contributed by atoms with van der Waals surface area (Å²) in [5.74, 6) is 0. The van der Waals surface area contributed by atoms with Gasteiger partial charge < -0.3 is 4.98 Å². The van der Waals surface area contributed by atoms with Crippen LogP contribution in [0.25, 0.3) is 10.9 Å². The van der Waals surface area contributed by atoms with Gasteiger partial charge in [0.2, 0.25) is 6.54 Å². The van der Waals surface area contributed by atoms with Crippen molar-refractivity contribution in [1.29, 1.82) is 0 Å². The number of nitrogens with zero attached hydrogens (tertiary/aromatic N) is 1. The van der Waals surface area contributed by atoms with E-state index >= 15 is 0 Å². The van der Waals surface area contributed by atoms with Gasteiger partial charge in [-0.1, -0.05) is 15.9 Å². The molecule has 1 aromatic carbocycles. The molecule has 0 radical (unpaired) electrons. The smallest absolute Gasteiger partial charge is 0.207 e. The zero-order valence-electron chi connectivity index (χ0n) is 7.87. The van der Waals surface area contributed by atoms with E-state index in [4.69, 9.17) is 0 Å². The Morgan fingerprint density at radius 3 is 3.00 bits per heavy atom. The Morgan fingerprint density at radius 1 is 1.47 bits per heavy atom. The first-order valence-electron chi connectivity index (χ1n) is 4.54. The minimum absolute atomic E-state index is 0.0310. The van der Waals surface area contributed by atoms with E-state index in [2.05, 4.69) is 20.9 Å². The Hall–Kier alpha value is -1.36. The summed E-state index contributed by atoms with van der Waals surface area (Å²) >= 11 is 3.39. The lowest BCUT2D eigenvalue weighted by Crippen LogP contribution is -2.04. The minimum atomic E-state index is -0.292. The van der Waals surface area contributed by atoms with Gasteiger partial charge in [-0.3, -0.25) is 10.1 Å². The van der Waals surface area contributed by atoms with Crippen LogP contribution in [0.4, 0.5) is 0 Å². The number of nitrogens with one attached hydrogen (secondary N) is 1. The topological polar surface area (TPSA) is 58.9 Å².